The SMILES string of the molecule is CC(C)(C)OC(=O)N(CC(N)=O)Cc1ccncn1. The van der Waals surface area contributed by atoms with Gasteiger partial charge in [0.1, 0.15) is 18.5 Å². The molecular formula is C12H18N4O3. The molecule has 2 amide bonds. The van der Waals surface area contributed by atoms with Gasteiger partial charge in [0.2, 0.25) is 5.91 Å². The molecule has 1 heterocycles. The molecule has 0 radical (unpaired) electrons. The van der Waals surface area contributed by atoms with Gasteiger partial charge in [-0.05, 0) is 26.8 Å². The number of nitrogens with zero attached hydrogens (tertiary/aromatic N) is 3. The molecule has 7 nitrogen and oxygen atoms in total. The molecule has 0 atom stereocenters. The summed E-state index contributed by atoms with van der Waals surface area (Å²) in [6.07, 6.45) is 2.32. The number of nitrogens with two attached hydrogens (primary N) is 1. The lowest BCUT2D eigenvalue weighted by molar-refractivity contribution is -0.119. The number of hydrogen-bond donors (Lipinski definition) is 1. The number of aromatic nitrogens is 2. The summed E-state index contributed by atoms with van der Waals surface area (Å²) in [5.74, 6) is -0.611. The van der Waals surface area contributed by atoms with Crippen LogP contribution < -0.4 is 5.73 Å². The van der Waals surface area contributed by atoms with Crippen LogP contribution in [0.3, 0.4) is 0 Å². The lowest BCUT2D eigenvalue weighted by Gasteiger charge is -2.26. The zero-order chi connectivity index (χ0) is 14.5. The van der Waals surface area contributed by atoms with Gasteiger partial charge in [0.05, 0.1) is 12.2 Å². The number of ether oxygens (including phenoxy) is 1. The number of carbonyl (C=O) groups excluding carboxylic acids is 2. The van der Waals surface area contributed by atoms with Gasteiger partial charge in [0.25, 0.3) is 0 Å². The first-order chi connectivity index (χ1) is 8.78. The van der Waals surface area contributed by atoms with Crippen molar-refractivity contribution in [2.75, 3.05) is 6.54 Å². The van der Waals surface area contributed by atoms with Gasteiger partial charge in [-0.25, -0.2) is 14.8 Å². The van der Waals surface area contributed by atoms with Crippen LogP contribution in [0.5, 0.6) is 0 Å². The van der Waals surface area contributed by atoms with Crippen molar-refractivity contribution in [1.29, 1.82) is 0 Å². The molecule has 104 valence electrons. The van der Waals surface area contributed by atoms with Crippen molar-refractivity contribution in [3.63, 3.8) is 0 Å². The Bertz CT molecular complexity index is 442. The fourth-order valence-electron chi connectivity index (χ4n) is 1.31. The molecule has 0 saturated carbocycles. The molecule has 1 rings (SSSR count). The Morgan fingerprint density at radius 1 is 1.42 bits per heavy atom. The second-order valence-electron chi connectivity index (χ2n) is 5.00. The Labute approximate surface area is 111 Å². The van der Waals surface area contributed by atoms with Gasteiger partial charge >= 0.3 is 6.09 Å². The quantitative estimate of drug-likeness (QED) is 0.864. The van der Waals surface area contributed by atoms with Crippen LogP contribution in [0.15, 0.2) is 18.6 Å². The molecule has 0 spiro atoms. The number of rotatable bonds is 4. The van der Waals surface area contributed by atoms with E-state index in [1.807, 2.05) is 0 Å². The molecule has 2 N–H and O–H groups in total. The van der Waals surface area contributed by atoms with Crippen molar-refractivity contribution in [2.24, 2.45) is 5.73 Å². The third kappa shape index (κ3) is 5.80. The Morgan fingerprint density at radius 3 is 2.58 bits per heavy atom. The van der Waals surface area contributed by atoms with Crippen molar-refractivity contribution < 1.29 is 14.3 Å². The van der Waals surface area contributed by atoms with E-state index < -0.39 is 17.6 Å². The van der Waals surface area contributed by atoms with E-state index in [0.717, 1.165) is 0 Å². The summed E-state index contributed by atoms with van der Waals surface area (Å²) in [5.41, 5.74) is 5.09. The molecule has 0 aliphatic heterocycles. The summed E-state index contributed by atoms with van der Waals surface area (Å²) in [5, 5.41) is 0. The van der Waals surface area contributed by atoms with E-state index >= 15 is 0 Å². The molecule has 0 bridgehead atoms. The zero-order valence-corrected chi connectivity index (χ0v) is 11.3. The molecule has 0 saturated heterocycles. The second kappa shape index (κ2) is 6.12. The Hall–Kier alpha value is -2.18. The second-order valence-corrected chi connectivity index (χ2v) is 5.00. The summed E-state index contributed by atoms with van der Waals surface area (Å²) in [6, 6.07) is 1.65. The van der Waals surface area contributed by atoms with Crippen molar-refractivity contribution in [2.45, 2.75) is 32.9 Å². The number of primary amides is 1. The number of hydrogen-bond acceptors (Lipinski definition) is 5. The molecule has 0 aliphatic rings. The highest BCUT2D eigenvalue weighted by atomic mass is 16.6. The predicted octanol–water partition coefficient (Wildman–Crippen LogP) is 0.699. The smallest absolute Gasteiger partial charge is 0.411 e. The molecule has 0 unspecified atom stereocenters. The van der Waals surface area contributed by atoms with E-state index in [4.69, 9.17) is 10.5 Å². The van der Waals surface area contributed by atoms with Crippen molar-refractivity contribution in [1.82, 2.24) is 14.9 Å². The van der Waals surface area contributed by atoms with Gasteiger partial charge in [0, 0.05) is 6.20 Å². The fraction of sp³-hybridized carbons (Fsp3) is 0.500. The topological polar surface area (TPSA) is 98.4 Å². The lowest BCUT2D eigenvalue weighted by atomic mass is 10.2. The van der Waals surface area contributed by atoms with E-state index in [-0.39, 0.29) is 13.1 Å². The minimum Gasteiger partial charge on any atom is -0.444 e. The van der Waals surface area contributed by atoms with E-state index in [1.54, 1.807) is 33.0 Å². The van der Waals surface area contributed by atoms with Gasteiger partial charge in [-0.2, -0.15) is 0 Å². The maximum absolute atomic E-state index is 12.0. The average Bonchev–Trinajstić information content (AvgIpc) is 2.26. The lowest BCUT2D eigenvalue weighted by Crippen LogP contribution is -2.41. The summed E-state index contributed by atoms with van der Waals surface area (Å²) in [6.45, 7) is 5.16. The Kier molecular flexibility index (Phi) is 4.80. The zero-order valence-electron chi connectivity index (χ0n) is 11.3. The van der Waals surface area contributed by atoms with Gasteiger partial charge in [-0.1, -0.05) is 0 Å². The van der Waals surface area contributed by atoms with Crippen molar-refractivity contribution >= 4 is 12.0 Å². The maximum Gasteiger partial charge on any atom is 0.411 e. The number of amides is 2. The van der Waals surface area contributed by atoms with E-state index in [1.165, 1.54) is 11.2 Å². The molecule has 19 heavy (non-hydrogen) atoms. The van der Waals surface area contributed by atoms with Crippen LogP contribution >= 0.6 is 0 Å². The van der Waals surface area contributed by atoms with Crippen LogP contribution in [0, 0.1) is 0 Å². The largest absolute Gasteiger partial charge is 0.444 e. The van der Waals surface area contributed by atoms with Crippen molar-refractivity contribution in [3.05, 3.63) is 24.3 Å². The van der Waals surface area contributed by atoms with Crippen molar-refractivity contribution in [3.8, 4) is 0 Å². The first-order valence-electron chi connectivity index (χ1n) is 5.79. The van der Waals surface area contributed by atoms with E-state index in [2.05, 4.69) is 9.97 Å². The minimum atomic E-state index is -0.640. The average molecular weight is 266 g/mol. The third-order valence-electron chi connectivity index (χ3n) is 1.99. The Balaban J connectivity index is 2.77. The first-order valence-corrected chi connectivity index (χ1v) is 5.79. The summed E-state index contributed by atoms with van der Waals surface area (Å²) < 4.78 is 5.21. The van der Waals surface area contributed by atoms with Crippen LogP contribution in [-0.2, 0) is 16.1 Å². The normalized spacial score (nSPS) is 10.9. The monoisotopic (exact) mass is 266 g/mol. The van der Waals surface area contributed by atoms with E-state index in [0.29, 0.717) is 5.69 Å². The molecule has 1 aromatic rings. The fourth-order valence-corrected chi connectivity index (χ4v) is 1.31. The van der Waals surface area contributed by atoms with Gasteiger partial charge in [-0.15, -0.1) is 0 Å². The number of carbonyl (C=O) groups is 2. The highest BCUT2D eigenvalue weighted by Crippen LogP contribution is 2.11. The molecule has 1 aromatic heterocycles. The summed E-state index contributed by atoms with van der Waals surface area (Å²) in [4.78, 5) is 31.9. The minimum absolute atomic E-state index is 0.139. The molecule has 0 aliphatic carbocycles. The maximum atomic E-state index is 12.0. The van der Waals surface area contributed by atoms with Crippen LogP contribution in [0.1, 0.15) is 26.5 Å². The van der Waals surface area contributed by atoms with Crippen LogP contribution in [0.25, 0.3) is 0 Å². The standard InChI is InChI=1S/C12H18N4O3/c1-12(2,3)19-11(18)16(7-10(13)17)6-9-4-5-14-8-15-9/h4-5,8H,6-7H2,1-3H3,(H2,13,17). The summed E-state index contributed by atoms with van der Waals surface area (Å²) in [7, 11) is 0. The summed E-state index contributed by atoms with van der Waals surface area (Å²) >= 11 is 0. The van der Waals surface area contributed by atoms with E-state index in [9.17, 15) is 9.59 Å². The van der Waals surface area contributed by atoms with Crippen LogP contribution in [0.2, 0.25) is 0 Å². The molecular weight excluding hydrogens is 248 g/mol. The van der Waals surface area contributed by atoms with Gasteiger partial charge in [-0.3, -0.25) is 9.69 Å². The molecule has 0 fully saturated rings. The predicted molar refractivity (Wildman–Crippen MR) is 67.9 cm³/mol. The Morgan fingerprint density at radius 2 is 2.11 bits per heavy atom. The van der Waals surface area contributed by atoms with Gasteiger partial charge in [0.15, 0.2) is 0 Å². The highest BCUT2D eigenvalue weighted by Gasteiger charge is 2.23. The van der Waals surface area contributed by atoms with Crippen LogP contribution in [0.4, 0.5) is 4.79 Å². The third-order valence-corrected chi connectivity index (χ3v) is 1.99. The van der Waals surface area contributed by atoms with Gasteiger partial charge < -0.3 is 10.5 Å². The highest BCUT2D eigenvalue weighted by molar-refractivity contribution is 5.80. The molecule has 7 heteroatoms. The van der Waals surface area contributed by atoms with Crippen LogP contribution in [-0.4, -0.2) is 39.0 Å². The first kappa shape index (κ1) is 14.9. The molecule has 0 aromatic carbocycles.